The Hall–Kier alpha value is -0.990. The molecule has 2 rings (SSSR count). The highest BCUT2D eigenvalue weighted by Crippen LogP contribution is 2.15. The minimum absolute atomic E-state index is 0.280. The lowest BCUT2D eigenvalue weighted by atomic mass is 10.5. The average molecular weight is 325 g/mol. The van der Waals surface area contributed by atoms with Gasteiger partial charge in [0.1, 0.15) is 6.61 Å². The van der Waals surface area contributed by atoms with Gasteiger partial charge in [-0.05, 0) is 22.6 Å². The molecule has 0 saturated carbocycles. The Labute approximate surface area is 97.4 Å². The first-order valence-electron chi connectivity index (χ1n) is 4.06. The van der Waals surface area contributed by atoms with E-state index in [1.807, 2.05) is 0 Å². The highest BCUT2D eigenvalue weighted by molar-refractivity contribution is 14.1. The van der Waals surface area contributed by atoms with Gasteiger partial charge < -0.3 is 4.74 Å². The van der Waals surface area contributed by atoms with Crippen molar-refractivity contribution in [3.05, 3.63) is 22.2 Å². The molecule has 0 spiro atoms. The summed E-state index contributed by atoms with van der Waals surface area (Å²) in [5.74, 6) is 0.280. The molecule has 0 fully saturated rings. The van der Waals surface area contributed by atoms with Crippen molar-refractivity contribution in [3.63, 3.8) is 0 Å². The van der Waals surface area contributed by atoms with Crippen LogP contribution in [0.25, 0.3) is 5.65 Å². The molecule has 0 aliphatic carbocycles. The number of fused-ring (bicyclic) bond motifs is 1. The summed E-state index contributed by atoms with van der Waals surface area (Å²) in [6.45, 7) is -0.633. The molecular weight excluding hydrogens is 319 g/mol. The topological polar surface area (TPSA) is 39.4 Å². The summed E-state index contributed by atoms with van der Waals surface area (Å²) in [6, 6.07) is 0. The second-order valence-corrected chi connectivity index (χ2v) is 3.91. The minimum Gasteiger partial charge on any atom is -0.484 e. The molecule has 7 heteroatoms. The number of alkyl halides is 2. The van der Waals surface area contributed by atoms with Crippen LogP contribution in [-0.4, -0.2) is 27.6 Å². The summed E-state index contributed by atoms with van der Waals surface area (Å²) >= 11 is 2.09. The molecule has 0 N–H and O–H groups in total. The van der Waals surface area contributed by atoms with Gasteiger partial charge in [-0.15, -0.1) is 0 Å². The van der Waals surface area contributed by atoms with Gasteiger partial charge >= 0.3 is 0 Å². The van der Waals surface area contributed by atoms with Crippen LogP contribution in [-0.2, 0) is 0 Å². The van der Waals surface area contributed by atoms with Crippen LogP contribution in [0, 0.1) is 3.57 Å². The Balaban J connectivity index is 2.23. The third-order valence-electron chi connectivity index (χ3n) is 1.67. The van der Waals surface area contributed by atoms with E-state index in [1.165, 1.54) is 16.9 Å². The van der Waals surface area contributed by atoms with E-state index in [-0.39, 0.29) is 5.75 Å². The van der Waals surface area contributed by atoms with E-state index in [4.69, 9.17) is 4.74 Å². The second-order valence-electron chi connectivity index (χ2n) is 2.75. The zero-order valence-corrected chi connectivity index (χ0v) is 9.56. The number of halogens is 3. The van der Waals surface area contributed by atoms with E-state index < -0.39 is 13.0 Å². The smallest absolute Gasteiger partial charge is 0.272 e. The van der Waals surface area contributed by atoms with Crippen molar-refractivity contribution < 1.29 is 13.5 Å². The van der Waals surface area contributed by atoms with Crippen LogP contribution in [0.3, 0.4) is 0 Å². The maximum absolute atomic E-state index is 11.9. The van der Waals surface area contributed by atoms with E-state index in [0.717, 1.165) is 3.57 Å². The van der Waals surface area contributed by atoms with E-state index in [2.05, 4.69) is 32.7 Å². The lowest BCUT2D eigenvalue weighted by Gasteiger charge is -2.04. The fourth-order valence-electron chi connectivity index (χ4n) is 1.06. The second kappa shape index (κ2) is 4.25. The quantitative estimate of drug-likeness (QED) is 0.810. The first-order chi connectivity index (χ1) is 7.16. The number of hydrogen-bond donors (Lipinski definition) is 0. The van der Waals surface area contributed by atoms with Crippen LogP contribution in [0.5, 0.6) is 5.75 Å². The molecular formula is C8H6F2IN3O. The zero-order chi connectivity index (χ0) is 10.8. The Morgan fingerprint density at radius 2 is 2.27 bits per heavy atom. The maximum Gasteiger partial charge on any atom is 0.272 e. The van der Waals surface area contributed by atoms with Gasteiger partial charge in [0.2, 0.25) is 0 Å². The molecule has 0 radical (unpaired) electrons. The number of ether oxygens (including phenoxy) is 1. The summed E-state index contributed by atoms with van der Waals surface area (Å²) < 4.78 is 30.9. The Morgan fingerprint density at radius 1 is 1.47 bits per heavy atom. The van der Waals surface area contributed by atoms with Crippen molar-refractivity contribution in [2.45, 2.75) is 6.43 Å². The first kappa shape index (κ1) is 10.5. The van der Waals surface area contributed by atoms with Crippen LogP contribution in [0.1, 0.15) is 0 Å². The van der Waals surface area contributed by atoms with Gasteiger partial charge in [0.15, 0.2) is 11.4 Å². The van der Waals surface area contributed by atoms with E-state index in [0.29, 0.717) is 5.65 Å². The summed E-state index contributed by atoms with van der Waals surface area (Å²) in [4.78, 5) is 4.04. The first-order valence-corrected chi connectivity index (χ1v) is 5.14. The molecule has 2 aromatic heterocycles. The molecule has 0 saturated heterocycles. The Bertz CT molecular complexity index is 474. The molecule has 4 nitrogen and oxygen atoms in total. The van der Waals surface area contributed by atoms with Crippen molar-refractivity contribution in [2.75, 3.05) is 6.61 Å². The third kappa shape index (κ3) is 2.33. The molecule has 0 atom stereocenters. The number of nitrogens with zero attached hydrogens (tertiary/aromatic N) is 3. The van der Waals surface area contributed by atoms with E-state index in [1.54, 1.807) is 6.20 Å². The van der Waals surface area contributed by atoms with E-state index >= 15 is 0 Å². The molecule has 15 heavy (non-hydrogen) atoms. The number of aromatic nitrogens is 3. The summed E-state index contributed by atoms with van der Waals surface area (Å²) in [5.41, 5.74) is 0.681. The SMILES string of the molecule is FC(F)COc1cnc2c(I)cnn2c1. The molecule has 0 aliphatic rings. The lowest BCUT2D eigenvalue weighted by molar-refractivity contribution is 0.0814. The van der Waals surface area contributed by atoms with Crippen LogP contribution in [0.2, 0.25) is 0 Å². The van der Waals surface area contributed by atoms with Gasteiger partial charge in [-0.1, -0.05) is 0 Å². The Kier molecular flexibility index (Phi) is 2.98. The number of hydrogen-bond acceptors (Lipinski definition) is 3. The predicted octanol–water partition coefficient (Wildman–Crippen LogP) is 1.98. The standard InChI is InChI=1S/C8H6F2IN3O/c9-7(10)4-15-5-1-12-8-6(11)2-13-14(8)3-5/h1-3,7H,4H2. The fourth-order valence-corrected chi connectivity index (χ4v) is 1.57. The van der Waals surface area contributed by atoms with Gasteiger partial charge in [0, 0.05) is 0 Å². The third-order valence-corrected chi connectivity index (χ3v) is 2.43. The van der Waals surface area contributed by atoms with Gasteiger partial charge in [-0.3, -0.25) is 0 Å². The van der Waals surface area contributed by atoms with Crippen molar-refractivity contribution in [1.82, 2.24) is 14.6 Å². The molecule has 0 unspecified atom stereocenters. The van der Waals surface area contributed by atoms with Crippen molar-refractivity contribution in [2.24, 2.45) is 0 Å². The van der Waals surface area contributed by atoms with Crippen LogP contribution in [0.15, 0.2) is 18.6 Å². The van der Waals surface area contributed by atoms with Gasteiger partial charge in [0.25, 0.3) is 6.43 Å². The summed E-state index contributed by atoms with van der Waals surface area (Å²) in [6.07, 6.45) is 2.08. The van der Waals surface area contributed by atoms with Crippen LogP contribution < -0.4 is 4.74 Å². The highest BCUT2D eigenvalue weighted by atomic mass is 127. The van der Waals surface area contributed by atoms with E-state index in [9.17, 15) is 8.78 Å². The van der Waals surface area contributed by atoms with Crippen LogP contribution >= 0.6 is 22.6 Å². The normalized spacial score (nSPS) is 11.2. The van der Waals surface area contributed by atoms with Gasteiger partial charge in [0.05, 0.1) is 22.2 Å². The lowest BCUT2D eigenvalue weighted by Crippen LogP contribution is -2.07. The molecule has 2 aromatic rings. The molecule has 0 aromatic carbocycles. The predicted molar refractivity (Wildman–Crippen MR) is 57.2 cm³/mol. The Morgan fingerprint density at radius 3 is 3.00 bits per heavy atom. The largest absolute Gasteiger partial charge is 0.484 e. The fraction of sp³-hybridized carbons (Fsp3) is 0.250. The number of rotatable bonds is 3. The molecule has 0 aliphatic heterocycles. The van der Waals surface area contributed by atoms with Crippen molar-refractivity contribution in [1.29, 1.82) is 0 Å². The highest BCUT2D eigenvalue weighted by Gasteiger charge is 2.06. The molecule has 2 heterocycles. The summed E-state index contributed by atoms with van der Waals surface area (Å²) in [7, 11) is 0. The minimum atomic E-state index is -2.49. The van der Waals surface area contributed by atoms with Crippen molar-refractivity contribution in [3.8, 4) is 5.75 Å². The van der Waals surface area contributed by atoms with Gasteiger partial charge in [-0.2, -0.15) is 5.10 Å². The average Bonchev–Trinajstić information content (AvgIpc) is 2.57. The van der Waals surface area contributed by atoms with Crippen LogP contribution in [0.4, 0.5) is 8.78 Å². The van der Waals surface area contributed by atoms with Gasteiger partial charge in [-0.25, -0.2) is 18.3 Å². The molecule has 80 valence electrons. The van der Waals surface area contributed by atoms with Crippen molar-refractivity contribution >= 4 is 28.2 Å². The zero-order valence-electron chi connectivity index (χ0n) is 7.40. The summed E-state index contributed by atoms with van der Waals surface area (Å²) in [5, 5.41) is 3.99. The monoisotopic (exact) mass is 325 g/mol. The maximum atomic E-state index is 11.9. The molecule has 0 amide bonds. The molecule has 0 bridgehead atoms.